The maximum Gasteiger partial charge on any atom is 0.137 e. The number of fused-ring (bicyclic) bond motifs is 6. The third kappa shape index (κ3) is 5.49. The molecule has 8 aromatic carbocycles. The fourth-order valence-electron chi connectivity index (χ4n) is 7.95. The average Bonchev–Trinajstić information content (AvgIpc) is 3.78. The van der Waals surface area contributed by atoms with Gasteiger partial charge in [0.25, 0.3) is 0 Å². The summed E-state index contributed by atoms with van der Waals surface area (Å²) in [5.74, 6) is 0. The third-order valence-corrected chi connectivity index (χ3v) is 11.7. The Morgan fingerprint density at radius 3 is 2.04 bits per heavy atom. The lowest BCUT2D eigenvalue weighted by atomic mass is 9.92. The third-order valence-electron chi connectivity index (χ3n) is 10.5. The van der Waals surface area contributed by atoms with Gasteiger partial charge < -0.3 is 9.32 Å². The Hall–Kier alpha value is -6.42. The Bertz CT molecular complexity index is 2930. The van der Waals surface area contributed by atoms with Crippen LogP contribution in [0.2, 0.25) is 0 Å². The van der Waals surface area contributed by atoms with E-state index in [0.29, 0.717) is 0 Å². The molecule has 0 amide bonds. The quantitative estimate of drug-likeness (QED) is 0.165. The number of hydrogen-bond donors (Lipinski definition) is 0. The lowest BCUT2D eigenvalue weighted by Gasteiger charge is -2.28. The number of anilines is 3. The molecule has 10 rings (SSSR count). The normalized spacial score (nSPS) is 11.6. The second-order valence-electron chi connectivity index (χ2n) is 13.7. The van der Waals surface area contributed by atoms with Gasteiger partial charge in [0.15, 0.2) is 0 Å². The molecule has 2 nitrogen and oxygen atoms in total. The molecule has 0 fully saturated rings. The minimum absolute atomic E-state index is 0.803. The summed E-state index contributed by atoms with van der Waals surface area (Å²) >= 11 is 1.87. The number of aryl methyl sites for hydroxylation is 1. The van der Waals surface area contributed by atoms with Crippen molar-refractivity contribution in [3.05, 3.63) is 199 Å². The molecular weight excluding hydrogens is 663 g/mol. The van der Waals surface area contributed by atoms with Crippen LogP contribution in [0.15, 0.2) is 186 Å². The van der Waals surface area contributed by atoms with E-state index in [1.54, 1.807) is 0 Å². The maximum absolute atomic E-state index is 6.47. The average molecular weight is 698 g/mol. The van der Waals surface area contributed by atoms with Crippen LogP contribution in [0.5, 0.6) is 0 Å². The molecule has 0 aliphatic rings. The van der Waals surface area contributed by atoms with Crippen molar-refractivity contribution in [2.75, 3.05) is 4.90 Å². The first-order valence-electron chi connectivity index (χ1n) is 18.1. The van der Waals surface area contributed by atoms with Gasteiger partial charge in [-0.1, -0.05) is 133 Å². The summed E-state index contributed by atoms with van der Waals surface area (Å²) in [6.07, 6.45) is 0.803. The van der Waals surface area contributed by atoms with E-state index in [1.165, 1.54) is 59.1 Å². The molecule has 0 spiro atoms. The Morgan fingerprint density at radius 1 is 0.509 bits per heavy atom. The van der Waals surface area contributed by atoms with E-state index < -0.39 is 0 Å². The van der Waals surface area contributed by atoms with Crippen molar-refractivity contribution in [1.29, 1.82) is 0 Å². The molecule has 0 unspecified atom stereocenters. The Kier molecular flexibility index (Phi) is 7.66. The number of para-hydroxylation sites is 1. The summed E-state index contributed by atoms with van der Waals surface area (Å²) in [5.41, 5.74) is 13.9. The highest BCUT2D eigenvalue weighted by Gasteiger charge is 2.23. The second kappa shape index (κ2) is 13.0. The first kappa shape index (κ1) is 31.3. The van der Waals surface area contributed by atoms with Crippen molar-refractivity contribution in [2.24, 2.45) is 0 Å². The van der Waals surface area contributed by atoms with E-state index in [9.17, 15) is 0 Å². The van der Waals surface area contributed by atoms with E-state index in [0.717, 1.165) is 45.4 Å². The van der Waals surface area contributed by atoms with Gasteiger partial charge in [0.05, 0.1) is 21.5 Å². The van der Waals surface area contributed by atoms with Crippen LogP contribution >= 0.6 is 11.3 Å². The van der Waals surface area contributed by atoms with Gasteiger partial charge in [-0.2, -0.15) is 0 Å². The smallest absolute Gasteiger partial charge is 0.137 e. The van der Waals surface area contributed by atoms with Crippen LogP contribution in [0.3, 0.4) is 0 Å². The van der Waals surface area contributed by atoms with Gasteiger partial charge in [0.2, 0.25) is 0 Å². The van der Waals surface area contributed by atoms with E-state index in [-0.39, 0.29) is 0 Å². The highest BCUT2D eigenvalue weighted by molar-refractivity contribution is 7.26. The van der Waals surface area contributed by atoms with Gasteiger partial charge in [-0.15, -0.1) is 11.3 Å². The van der Waals surface area contributed by atoms with Crippen molar-refractivity contribution in [1.82, 2.24) is 0 Å². The predicted octanol–water partition coefficient (Wildman–Crippen LogP) is 14.7. The van der Waals surface area contributed by atoms with E-state index in [2.05, 4.69) is 188 Å². The number of rotatable bonds is 7. The number of furan rings is 1. The van der Waals surface area contributed by atoms with Crippen LogP contribution in [0.1, 0.15) is 16.7 Å². The number of thiophene rings is 1. The van der Waals surface area contributed by atoms with E-state index >= 15 is 0 Å². The van der Waals surface area contributed by atoms with Gasteiger partial charge in [-0.3, -0.25) is 0 Å². The molecular formula is C50H35NOS. The van der Waals surface area contributed by atoms with Crippen molar-refractivity contribution in [2.45, 2.75) is 13.3 Å². The van der Waals surface area contributed by atoms with Gasteiger partial charge in [-0.25, -0.2) is 0 Å². The summed E-state index contributed by atoms with van der Waals surface area (Å²) in [6.45, 7) is 2.20. The first-order valence-corrected chi connectivity index (χ1v) is 19.0. The lowest BCUT2D eigenvalue weighted by Crippen LogP contribution is -2.11. The van der Waals surface area contributed by atoms with Crippen LogP contribution in [0.25, 0.3) is 64.4 Å². The monoisotopic (exact) mass is 697 g/mol. The highest BCUT2D eigenvalue weighted by Crippen LogP contribution is 2.49. The lowest BCUT2D eigenvalue weighted by molar-refractivity contribution is 0.669. The number of benzene rings is 8. The molecule has 2 heterocycles. The summed E-state index contributed by atoms with van der Waals surface area (Å²) < 4.78 is 9.02. The topological polar surface area (TPSA) is 16.4 Å². The summed E-state index contributed by atoms with van der Waals surface area (Å²) in [5, 5.41) is 4.79. The molecule has 0 aliphatic carbocycles. The number of nitrogens with zero attached hydrogens (tertiary/aromatic N) is 1. The van der Waals surface area contributed by atoms with Crippen molar-refractivity contribution >= 4 is 70.5 Å². The molecule has 53 heavy (non-hydrogen) atoms. The molecule has 0 bridgehead atoms. The van der Waals surface area contributed by atoms with Gasteiger partial charge in [0, 0.05) is 26.5 Å². The van der Waals surface area contributed by atoms with Crippen LogP contribution < -0.4 is 4.90 Å². The Labute approximate surface area is 312 Å². The fourth-order valence-corrected chi connectivity index (χ4v) is 9.14. The van der Waals surface area contributed by atoms with E-state index in [4.69, 9.17) is 4.42 Å². The SMILES string of the molecule is Cc1ccccc1-c1ccccc1Cc1cc(N(c2ccc(-c3ccccc3)cc2)c2cccc3oc4ccccc4c23)c2sc3ccccc3c2c1. The van der Waals surface area contributed by atoms with Gasteiger partial charge in [0.1, 0.15) is 11.2 Å². The zero-order chi connectivity index (χ0) is 35.3. The Morgan fingerprint density at radius 2 is 1.19 bits per heavy atom. The highest BCUT2D eigenvalue weighted by atomic mass is 32.1. The molecule has 0 aliphatic heterocycles. The Balaban J connectivity index is 1.23. The molecule has 0 saturated carbocycles. The van der Waals surface area contributed by atoms with Crippen molar-refractivity contribution in [3.8, 4) is 22.3 Å². The molecule has 2 aromatic heterocycles. The molecule has 0 saturated heterocycles. The van der Waals surface area contributed by atoms with Crippen LogP contribution in [0, 0.1) is 6.92 Å². The summed E-state index contributed by atoms with van der Waals surface area (Å²) in [7, 11) is 0. The van der Waals surface area contributed by atoms with Crippen LogP contribution in [-0.4, -0.2) is 0 Å². The number of hydrogen-bond acceptors (Lipinski definition) is 3. The van der Waals surface area contributed by atoms with E-state index in [1.807, 2.05) is 17.4 Å². The maximum atomic E-state index is 6.47. The summed E-state index contributed by atoms with van der Waals surface area (Å²) in [6, 6.07) is 65.7. The largest absolute Gasteiger partial charge is 0.456 e. The molecule has 3 heteroatoms. The molecule has 0 atom stereocenters. The van der Waals surface area contributed by atoms with Gasteiger partial charge in [-0.05, 0) is 101 Å². The van der Waals surface area contributed by atoms with Crippen molar-refractivity contribution < 1.29 is 4.42 Å². The minimum Gasteiger partial charge on any atom is -0.456 e. The molecule has 10 aromatic rings. The second-order valence-corrected chi connectivity index (χ2v) is 14.8. The van der Waals surface area contributed by atoms with Gasteiger partial charge >= 0.3 is 0 Å². The standard InChI is InChI=1S/C50H35NOS/c1-33-14-5-7-18-39(33)40-19-8-6-17-37(40)30-34-31-43-41-20-10-12-25-48(41)53-50(43)45(32-34)51(38-28-26-36(27-29-38)35-15-3-2-4-16-35)44-22-13-24-47-49(44)42-21-9-11-23-46(42)52-47/h2-29,31-32H,30H2,1H3. The molecule has 0 radical (unpaired) electrons. The van der Waals surface area contributed by atoms with Crippen LogP contribution in [0.4, 0.5) is 17.1 Å². The summed E-state index contributed by atoms with van der Waals surface area (Å²) in [4.78, 5) is 2.47. The zero-order valence-corrected chi connectivity index (χ0v) is 30.1. The van der Waals surface area contributed by atoms with Crippen LogP contribution in [-0.2, 0) is 6.42 Å². The fraction of sp³-hybridized carbons (Fsp3) is 0.0400. The first-order chi connectivity index (χ1) is 26.2. The molecule has 0 N–H and O–H groups in total. The minimum atomic E-state index is 0.803. The zero-order valence-electron chi connectivity index (χ0n) is 29.3. The van der Waals surface area contributed by atoms with Crippen molar-refractivity contribution in [3.63, 3.8) is 0 Å². The molecule has 252 valence electrons. The predicted molar refractivity (Wildman–Crippen MR) is 226 cm³/mol.